The number of nitrogens with one attached hydrogen (secondary N) is 1. The average molecular weight is 454 g/mol. The highest BCUT2D eigenvalue weighted by atomic mass is 32.2. The van der Waals surface area contributed by atoms with Crippen LogP contribution in [0.1, 0.15) is 75.3 Å². The van der Waals surface area contributed by atoms with E-state index in [1.165, 1.54) is 17.0 Å². The molecule has 3 aliphatic rings. The first-order valence-electron chi connectivity index (χ1n) is 11.3. The summed E-state index contributed by atoms with van der Waals surface area (Å²) >= 11 is 0.663. The Morgan fingerprint density at radius 3 is 2.16 bits per heavy atom. The number of hydrogen-bond acceptors (Lipinski definition) is 3. The lowest BCUT2D eigenvalue weighted by atomic mass is 9.94. The van der Waals surface area contributed by atoms with Crippen LogP contribution in [-0.2, 0) is 4.87 Å². The molecule has 4 nitrogen and oxygen atoms in total. The molecule has 2 saturated carbocycles. The SMILES string of the molecule is Cc1ccc([C@@]2(C(F)(F)F)NC(=O)N(C3CCCCC3)C(=NC3CCCCC3)S2)cc1. The number of rotatable bonds is 3. The smallest absolute Gasteiger partial charge is 0.311 e. The molecule has 3 fully saturated rings. The van der Waals surface area contributed by atoms with Gasteiger partial charge in [-0.15, -0.1) is 0 Å². The van der Waals surface area contributed by atoms with Crippen molar-refractivity contribution in [1.82, 2.24) is 10.2 Å². The van der Waals surface area contributed by atoms with Gasteiger partial charge in [0.05, 0.1) is 6.04 Å². The first kappa shape index (κ1) is 22.5. The van der Waals surface area contributed by atoms with E-state index in [0.717, 1.165) is 69.8 Å². The second-order valence-electron chi connectivity index (χ2n) is 8.94. The summed E-state index contributed by atoms with van der Waals surface area (Å²) in [5.74, 6) is 0. The van der Waals surface area contributed by atoms with Gasteiger partial charge in [0.2, 0.25) is 4.87 Å². The molecule has 0 unspecified atom stereocenters. The van der Waals surface area contributed by atoms with Crippen LogP contribution in [0.5, 0.6) is 0 Å². The Labute approximate surface area is 186 Å². The van der Waals surface area contributed by atoms with Gasteiger partial charge in [-0.3, -0.25) is 9.89 Å². The van der Waals surface area contributed by atoms with Gasteiger partial charge in [-0.2, -0.15) is 13.2 Å². The van der Waals surface area contributed by atoms with Gasteiger partial charge in [-0.1, -0.05) is 68.4 Å². The third-order valence-corrected chi connectivity index (χ3v) is 7.98. The number of aryl methyl sites for hydroxylation is 1. The van der Waals surface area contributed by atoms with Crippen LogP contribution in [0.2, 0.25) is 0 Å². The van der Waals surface area contributed by atoms with Gasteiger partial charge in [-0.25, -0.2) is 4.79 Å². The maximum Gasteiger partial charge on any atom is 0.425 e. The molecule has 8 heteroatoms. The highest BCUT2D eigenvalue weighted by Crippen LogP contribution is 2.51. The van der Waals surface area contributed by atoms with Crippen LogP contribution in [0.15, 0.2) is 29.3 Å². The summed E-state index contributed by atoms with van der Waals surface area (Å²) in [6.07, 6.45) is 4.95. The topological polar surface area (TPSA) is 44.7 Å². The molecule has 4 rings (SSSR count). The molecule has 1 N–H and O–H groups in total. The average Bonchev–Trinajstić information content (AvgIpc) is 2.74. The van der Waals surface area contributed by atoms with Crippen molar-refractivity contribution in [3.05, 3.63) is 35.4 Å². The minimum atomic E-state index is -4.67. The lowest BCUT2D eigenvalue weighted by Crippen LogP contribution is -2.65. The second kappa shape index (κ2) is 9.04. The molecule has 2 amide bonds. The molecule has 170 valence electrons. The van der Waals surface area contributed by atoms with Crippen LogP contribution in [0, 0.1) is 6.92 Å². The van der Waals surface area contributed by atoms with Gasteiger partial charge in [0, 0.05) is 6.04 Å². The fourth-order valence-corrected chi connectivity index (χ4v) is 6.15. The van der Waals surface area contributed by atoms with E-state index in [1.54, 1.807) is 12.1 Å². The van der Waals surface area contributed by atoms with Crippen molar-refractivity contribution < 1.29 is 18.0 Å². The molecular formula is C23H30F3N3OS. The fourth-order valence-electron chi connectivity index (χ4n) is 4.84. The largest absolute Gasteiger partial charge is 0.425 e. The van der Waals surface area contributed by atoms with E-state index in [2.05, 4.69) is 5.32 Å². The molecule has 0 radical (unpaired) electrons. The number of carbonyl (C=O) groups excluding carboxylic acids is 1. The maximum absolute atomic E-state index is 14.6. The Morgan fingerprint density at radius 1 is 1.00 bits per heavy atom. The molecule has 0 spiro atoms. The molecule has 2 aliphatic carbocycles. The van der Waals surface area contributed by atoms with Crippen LogP contribution in [0.4, 0.5) is 18.0 Å². The van der Waals surface area contributed by atoms with Crippen molar-refractivity contribution in [2.75, 3.05) is 0 Å². The van der Waals surface area contributed by atoms with Crippen LogP contribution in [-0.4, -0.2) is 34.4 Å². The van der Waals surface area contributed by atoms with E-state index in [0.29, 0.717) is 11.8 Å². The minimum Gasteiger partial charge on any atom is -0.311 e. The summed E-state index contributed by atoms with van der Waals surface area (Å²) < 4.78 is 43.7. The zero-order valence-corrected chi connectivity index (χ0v) is 18.7. The molecular weight excluding hydrogens is 423 g/mol. The molecule has 31 heavy (non-hydrogen) atoms. The number of alkyl halides is 3. The number of thioether (sulfide) groups is 1. The third-order valence-electron chi connectivity index (χ3n) is 6.62. The van der Waals surface area contributed by atoms with Crippen molar-refractivity contribution in [3.8, 4) is 0 Å². The minimum absolute atomic E-state index is 0.0165. The molecule has 1 aromatic rings. The Balaban J connectivity index is 1.76. The summed E-state index contributed by atoms with van der Waals surface area (Å²) in [6, 6.07) is 5.44. The van der Waals surface area contributed by atoms with E-state index in [4.69, 9.17) is 4.99 Å². The Bertz CT molecular complexity index is 814. The number of urea groups is 1. The number of benzene rings is 1. The van der Waals surface area contributed by atoms with Crippen LogP contribution in [0.3, 0.4) is 0 Å². The van der Waals surface area contributed by atoms with Crippen LogP contribution in [0.25, 0.3) is 0 Å². The highest BCUT2D eigenvalue weighted by molar-refractivity contribution is 8.14. The van der Waals surface area contributed by atoms with Gasteiger partial charge in [0.1, 0.15) is 0 Å². The van der Waals surface area contributed by atoms with E-state index >= 15 is 0 Å². The van der Waals surface area contributed by atoms with E-state index in [-0.39, 0.29) is 22.8 Å². The Morgan fingerprint density at radius 2 is 1.58 bits per heavy atom. The monoisotopic (exact) mass is 453 g/mol. The summed E-state index contributed by atoms with van der Waals surface area (Å²) in [7, 11) is 0. The predicted molar refractivity (Wildman–Crippen MR) is 118 cm³/mol. The Hall–Kier alpha value is -1.70. The number of hydrogen-bond donors (Lipinski definition) is 1. The highest BCUT2D eigenvalue weighted by Gasteiger charge is 2.62. The van der Waals surface area contributed by atoms with Crippen molar-refractivity contribution >= 4 is 23.0 Å². The van der Waals surface area contributed by atoms with Crippen LogP contribution < -0.4 is 5.32 Å². The van der Waals surface area contributed by atoms with Gasteiger partial charge in [0.15, 0.2) is 5.17 Å². The van der Waals surface area contributed by atoms with E-state index in [9.17, 15) is 18.0 Å². The molecule has 1 saturated heterocycles. The summed E-state index contributed by atoms with van der Waals surface area (Å²) in [4.78, 5) is 17.1. The Kier molecular flexibility index (Phi) is 6.56. The van der Waals surface area contributed by atoms with Crippen molar-refractivity contribution in [2.45, 2.75) is 94.3 Å². The zero-order valence-electron chi connectivity index (χ0n) is 17.9. The summed E-state index contributed by atoms with van der Waals surface area (Å²) in [5.41, 5.74) is 0.900. The molecule has 0 aromatic heterocycles. The van der Waals surface area contributed by atoms with Gasteiger partial charge in [-0.05, 0) is 49.9 Å². The number of amides is 2. The lowest BCUT2D eigenvalue weighted by Gasteiger charge is -2.46. The van der Waals surface area contributed by atoms with Gasteiger partial charge in [0.25, 0.3) is 0 Å². The number of amidine groups is 1. The second-order valence-corrected chi connectivity index (χ2v) is 10.1. The first-order chi connectivity index (χ1) is 14.8. The molecule has 1 atom stereocenters. The van der Waals surface area contributed by atoms with Crippen molar-refractivity contribution in [2.24, 2.45) is 4.99 Å². The predicted octanol–water partition coefficient (Wildman–Crippen LogP) is 6.49. The molecule has 1 aromatic carbocycles. The lowest BCUT2D eigenvalue weighted by molar-refractivity contribution is -0.168. The number of halogens is 3. The molecule has 0 bridgehead atoms. The van der Waals surface area contributed by atoms with Gasteiger partial charge < -0.3 is 5.32 Å². The van der Waals surface area contributed by atoms with E-state index in [1.807, 2.05) is 6.92 Å². The molecule has 1 aliphatic heterocycles. The molecule has 1 heterocycles. The number of carbonyl (C=O) groups is 1. The number of nitrogens with zero attached hydrogens (tertiary/aromatic N) is 2. The zero-order chi connectivity index (χ0) is 22.1. The fraction of sp³-hybridized carbons (Fsp3) is 0.652. The van der Waals surface area contributed by atoms with Crippen LogP contribution >= 0.6 is 11.8 Å². The quantitative estimate of drug-likeness (QED) is 0.568. The maximum atomic E-state index is 14.6. The van der Waals surface area contributed by atoms with Gasteiger partial charge >= 0.3 is 12.2 Å². The standard InChI is InChI=1S/C23H30F3N3OS/c1-16-12-14-17(15-13-16)22(23(24,25)26)28-20(30)29(19-10-6-3-7-11-19)21(31-22)27-18-8-4-2-5-9-18/h12-15,18-19H,2-11H2,1H3,(H,28,30)/t22-/m1/s1. The first-order valence-corrected chi connectivity index (χ1v) is 12.1. The van der Waals surface area contributed by atoms with E-state index < -0.39 is 17.1 Å². The summed E-state index contributed by atoms with van der Waals surface area (Å²) in [6.45, 7) is 1.83. The normalized spacial score (nSPS) is 28.1. The third kappa shape index (κ3) is 4.59. The number of aliphatic imine (C=N–C) groups is 1. The van der Waals surface area contributed by atoms with Crippen molar-refractivity contribution in [1.29, 1.82) is 0 Å². The van der Waals surface area contributed by atoms with Crippen molar-refractivity contribution in [3.63, 3.8) is 0 Å². The summed E-state index contributed by atoms with van der Waals surface area (Å²) in [5, 5.41) is 2.60.